The van der Waals surface area contributed by atoms with Crippen LogP contribution in [0, 0.1) is 0 Å². The number of aromatic nitrogens is 1. The van der Waals surface area contributed by atoms with E-state index in [4.69, 9.17) is 0 Å². The Kier molecular flexibility index (Phi) is 4.84. The van der Waals surface area contributed by atoms with Gasteiger partial charge >= 0.3 is 0 Å². The van der Waals surface area contributed by atoms with E-state index in [0.717, 1.165) is 19.5 Å². The van der Waals surface area contributed by atoms with Crippen molar-refractivity contribution in [3.8, 4) is 0 Å². The summed E-state index contributed by atoms with van der Waals surface area (Å²) in [6.07, 6.45) is 5.21. The molecule has 1 aromatic heterocycles. The van der Waals surface area contributed by atoms with E-state index in [2.05, 4.69) is 37.1 Å². The maximum atomic E-state index is 4.31. The maximum absolute atomic E-state index is 4.31. The fourth-order valence-corrected chi connectivity index (χ4v) is 1.90. The Balaban J connectivity index is 2.28. The molecule has 3 heteroatoms. The van der Waals surface area contributed by atoms with Gasteiger partial charge in [0.2, 0.25) is 0 Å². The van der Waals surface area contributed by atoms with Gasteiger partial charge in [0.25, 0.3) is 0 Å². The third-order valence-corrected chi connectivity index (χ3v) is 3.00. The average Bonchev–Trinajstić information content (AvgIpc) is 2.60. The van der Waals surface area contributed by atoms with E-state index in [1.54, 1.807) is 11.3 Å². The zero-order valence-corrected chi connectivity index (χ0v) is 9.95. The third kappa shape index (κ3) is 4.03. The smallest absolute Gasteiger partial charge is 0.0925 e. The predicted octanol–water partition coefficient (Wildman–Crippen LogP) is 2.76. The van der Waals surface area contributed by atoms with Gasteiger partial charge < -0.3 is 5.32 Å². The molecule has 2 nitrogen and oxygen atoms in total. The molecule has 0 saturated carbocycles. The quantitative estimate of drug-likeness (QED) is 0.597. The molecule has 0 bridgehead atoms. The third-order valence-electron chi connectivity index (χ3n) is 1.86. The molecule has 0 aliphatic heterocycles. The van der Waals surface area contributed by atoms with Crippen LogP contribution in [-0.4, -0.2) is 11.5 Å². The Labute approximate surface area is 90.1 Å². The van der Waals surface area contributed by atoms with Crippen LogP contribution in [0.5, 0.6) is 0 Å². The minimum atomic E-state index is 0.932. The SMILES string of the molecule is CCc1ncc(CNCC=C(C)C)s1. The van der Waals surface area contributed by atoms with Crippen LogP contribution < -0.4 is 5.32 Å². The van der Waals surface area contributed by atoms with Crippen molar-refractivity contribution in [1.82, 2.24) is 10.3 Å². The summed E-state index contributed by atoms with van der Waals surface area (Å²) in [6.45, 7) is 8.25. The molecule has 0 unspecified atom stereocenters. The molecule has 0 saturated heterocycles. The molecule has 1 rings (SSSR count). The number of thiazole rings is 1. The largest absolute Gasteiger partial charge is 0.308 e. The number of nitrogens with one attached hydrogen (secondary N) is 1. The van der Waals surface area contributed by atoms with E-state index in [-0.39, 0.29) is 0 Å². The first-order valence-corrected chi connectivity index (χ1v) is 5.81. The van der Waals surface area contributed by atoms with Gasteiger partial charge in [0.1, 0.15) is 0 Å². The van der Waals surface area contributed by atoms with Gasteiger partial charge in [0.05, 0.1) is 5.01 Å². The molecule has 1 aromatic rings. The van der Waals surface area contributed by atoms with Crippen LogP contribution in [0.25, 0.3) is 0 Å². The second kappa shape index (κ2) is 5.94. The summed E-state index contributed by atoms with van der Waals surface area (Å²) in [7, 11) is 0. The summed E-state index contributed by atoms with van der Waals surface area (Å²) >= 11 is 1.80. The molecular weight excluding hydrogens is 192 g/mol. The summed E-state index contributed by atoms with van der Waals surface area (Å²) in [4.78, 5) is 5.63. The van der Waals surface area contributed by atoms with Gasteiger partial charge in [-0.3, -0.25) is 0 Å². The molecular formula is C11H18N2S. The molecule has 1 heterocycles. The lowest BCUT2D eigenvalue weighted by Gasteiger charge is -1.97. The monoisotopic (exact) mass is 210 g/mol. The topological polar surface area (TPSA) is 24.9 Å². The van der Waals surface area contributed by atoms with Crippen LogP contribution in [0.15, 0.2) is 17.8 Å². The Morgan fingerprint density at radius 2 is 2.36 bits per heavy atom. The van der Waals surface area contributed by atoms with E-state index in [1.165, 1.54) is 15.5 Å². The predicted molar refractivity (Wildman–Crippen MR) is 62.6 cm³/mol. The van der Waals surface area contributed by atoms with Crippen molar-refractivity contribution in [2.45, 2.75) is 33.7 Å². The van der Waals surface area contributed by atoms with Gasteiger partial charge in [-0.05, 0) is 20.3 Å². The van der Waals surface area contributed by atoms with E-state index < -0.39 is 0 Å². The molecule has 0 atom stereocenters. The summed E-state index contributed by atoms with van der Waals surface area (Å²) in [6, 6.07) is 0. The van der Waals surface area contributed by atoms with Crippen LogP contribution in [0.1, 0.15) is 30.7 Å². The number of nitrogens with zero attached hydrogens (tertiary/aromatic N) is 1. The highest BCUT2D eigenvalue weighted by atomic mass is 32.1. The molecule has 78 valence electrons. The maximum Gasteiger partial charge on any atom is 0.0925 e. The van der Waals surface area contributed by atoms with E-state index in [1.807, 2.05) is 6.20 Å². The number of rotatable bonds is 5. The van der Waals surface area contributed by atoms with Crippen molar-refractivity contribution in [2.24, 2.45) is 0 Å². The highest BCUT2D eigenvalue weighted by Gasteiger charge is 1.98. The van der Waals surface area contributed by atoms with E-state index in [0.29, 0.717) is 0 Å². The van der Waals surface area contributed by atoms with Crippen molar-refractivity contribution >= 4 is 11.3 Å². The molecule has 0 spiro atoms. The Morgan fingerprint density at radius 1 is 1.57 bits per heavy atom. The van der Waals surface area contributed by atoms with Crippen LogP contribution in [0.4, 0.5) is 0 Å². The molecule has 0 radical (unpaired) electrons. The van der Waals surface area contributed by atoms with Crippen LogP contribution >= 0.6 is 11.3 Å². The van der Waals surface area contributed by atoms with Crippen LogP contribution in [0.2, 0.25) is 0 Å². The highest BCUT2D eigenvalue weighted by Crippen LogP contribution is 2.12. The number of allylic oxidation sites excluding steroid dienone is 1. The fraction of sp³-hybridized carbons (Fsp3) is 0.545. The lowest BCUT2D eigenvalue weighted by Crippen LogP contribution is -2.11. The van der Waals surface area contributed by atoms with Gasteiger partial charge in [-0.2, -0.15) is 0 Å². The molecule has 0 amide bonds. The van der Waals surface area contributed by atoms with E-state index in [9.17, 15) is 0 Å². The van der Waals surface area contributed by atoms with Crippen molar-refractivity contribution in [3.05, 3.63) is 27.7 Å². The van der Waals surface area contributed by atoms with Crippen molar-refractivity contribution in [2.75, 3.05) is 6.54 Å². The van der Waals surface area contributed by atoms with Gasteiger partial charge in [0, 0.05) is 24.2 Å². The lowest BCUT2D eigenvalue weighted by atomic mass is 10.3. The second-order valence-corrected chi connectivity index (χ2v) is 4.69. The zero-order valence-electron chi connectivity index (χ0n) is 9.13. The van der Waals surface area contributed by atoms with Crippen molar-refractivity contribution in [1.29, 1.82) is 0 Å². The first kappa shape index (κ1) is 11.4. The molecule has 0 aromatic carbocycles. The molecule has 0 aliphatic carbocycles. The van der Waals surface area contributed by atoms with Crippen molar-refractivity contribution < 1.29 is 0 Å². The van der Waals surface area contributed by atoms with E-state index >= 15 is 0 Å². The Hall–Kier alpha value is -0.670. The zero-order chi connectivity index (χ0) is 10.4. The average molecular weight is 210 g/mol. The standard InChI is InChI=1S/C11H18N2S/c1-4-11-13-8-10(14-11)7-12-6-5-9(2)3/h5,8,12H,4,6-7H2,1-3H3. The Bertz CT molecular complexity index is 298. The summed E-state index contributed by atoms with van der Waals surface area (Å²) in [5, 5.41) is 4.59. The fourth-order valence-electron chi connectivity index (χ4n) is 1.06. The van der Waals surface area contributed by atoms with Crippen molar-refractivity contribution in [3.63, 3.8) is 0 Å². The summed E-state index contributed by atoms with van der Waals surface area (Å²) < 4.78 is 0. The molecule has 0 fully saturated rings. The summed E-state index contributed by atoms with van der Waals surface area (Å²) in [5.74, 6) is 0. The minimum absolute atomic E-state index is 0.932. The molecule has 0 aliphatic rings. The highest BCUT2D eigenvalue weighted by molar-refractivity contribution is 7.11. The first-order valence-electron chi connectivity index (χ1n) is 5.00. The molecule has 1 N–H and O–H groups in total. The number of hydrogen-bond donors (Lipinski definition) is 1. The van der Waals surface area contributed by atoms with Crippen LogP contribution in [0.3, 0.4) is 0 Å². The first-order chi connectivity index (χ1) is 6.72. The van der Waals surface area contributed by atoms with Gasteiger partial charge in [0.15, 0.2) is 0 Å². The number of aryl methyl sites for hydroxylation is 1. The minimum Gasteiger partial charge on any atom is -0.308 e. The van der Waals surface area contributed by atoms with Gasteiger partial charge in [-0.15, -0.1) is 11.3 Å². The molecule has 14 heavy (non-hydrogen) atoms. The Morgan fingerprint density at radius 3 is 2.93 bits per heavy atom. The van der Waals surface area contributed by atoms with Gasteiger partial charge in [-0.1, -0.05) is 18.6 Å². The van der Waals surface area contributed by atoms with Crippen LogP contribution in [-0.2, 0) is 13.0 Å². The normalized spacial score (nSPS) is 10.2. The second-order valence-electron chi connectivity index (χ2n) is 3.49. The lowest BCUT2D eigenvalue weighted by molar-refractivity contribution is 0.765. The van der Waals surface area contributed by atoms with Gasteiger partial charge in [-0.25, -0.2) is 4.98 Å². The summed E-state index contributed by atoms with van der Waals surface area (Å²) in [5.41, 5.74) is 1.36. The number of hydrogen-bond acceptors (Lipinski definition) is 3.